The molecule has 112 valence electrons. The van der Waals surface area contributed by atoms with Gasteiger partial charge in [0.05, 0.1) is 0 Å². The van der Waals surface area contributed by atoms with E-state index in [0.717, 1.165) is 5.76 Å². The van der Waals surface area contributed by atoms with Gasteiger partial charge in [0, 0.05) is 11.8 Å². The van der Waals surface area contributed by atoms with E-state index >= 15 is 0 Å². The number of hydrogen-bond acceptors (Lipinski definition) is 3. The number of anilines is 1. The van der Waals surface area contributed by atoms with E-state index in [1.807, 2.05) is 13.0 Å². The minimum atomic E-state index is -0.375. The number of carbonyl (C=O) groups excluding carboxylic acids is 1. The monoisotopic (exact) mass is 299 g/mol. The Morgan fingerprint density at radius 3 is 2.73 bits per heavy atom. The molecule has 2 heterocycles. The molecular weight excluding hydrogens is 285 g/mol. The molecule has 0 unspecified atom stereocenters. The largest absolute Gasteiger partial charge is 0.460 e. The van der Waals surface area contributed by atoms with Crippen molar-refractivity contribution in [2.75, 3.05) is 5.32 Å². The lowest BCUT2D eigenvalue weighted by Gasteiger charge is -2.06. The molecule has 2 N–H and O–H groups in total. The number of aromatic nitrogens is 2. The lowest BCUT2D eigenvalue weighted by Crippen LogP contribution is -2.13. The van der Waals surface area contributed by atoms with Gasteiger partial charge in [-0.05, 0) is 49.7 Å². The first-order valence-corrected chi connectivity index (χ1v) is 6.72. The number of nitrogens with one attached hydrogen (secondary N) is 2. The van der Waals surface area contributed by atoms with Gasteiger partial charge in [-0.15, -0.1) is 0 Å². The van der Waals surface area contributed by atoms with E-state index < -0.39 is 0 Å². The average molecular weight is 299 g/mol. The number of nitrogens with zero attached hydrogens (tertiary/aromatic N) is 1. The van der Waals surface area contributed by atoms with Crippen molar-refractivity contribution in [1.82, 2.24) is 10.2 Å². The molecule has 0 fully saturated rings. The SMILES string of the molecule is Cc1ccc(-c2cc(C(=O)Nc3ccc(F)cc3C)n[nH]2)o1. The molecule has 0 saturated carbocycles. The third-order valence-corrected chi connectivity index (χ3v) is 3.25. The maximum atomic E-state index is 13.1. The zero-order valence-corrected chi connectivity index (χ0v) is 12.1. The van der Waals surface area contributed by atoms with Gasteiger partial charge < -0.3 is 9.73 Å². The van der Waals surface area contributed by atoms with Gasteiger partial charge in [-0.25, -0.2) is 4.39 Å². The summed E-state index contributed by atoms with van der Waals surface area (Å²) >= 11 is 0. The van der Waals surface area contributed by atoms with Crippen molar-refractivity contribution in [3.8, 4) is 11.5 Å². The Labute approximate surface area is 126 Å². The van der Waals surface area contributed by atoms with E-state index in [-0.39, 0.29) is 17.4 Å². The summed E-state index contributed by atoms with van der Waals surface area (Å²) in [6.45, 7) is 3.56. The van der Waals surface area contributed by atoms with E-state index in [1.165, 1.54) is 18.2 Å². The van der Waals surface area contributed by atoms with E-state index in [4.69, 9.17) is 4.42 Å². The number of furan rings is 1. The summed E-state index contributed by atoms with van der Waals surface area (Å²) in [6, 6.07) is 9.41. The van der Waals surface area contributed by atoms with Gasteiger partial charge in [0.2, 0.25) is 0 Å². The van der Waals surface area contributed by atoms with Crippen LogP contribution in [0.3, 0.4) is 0 Å². The predicted octanol–water partition coefficient (Wildman–Crippen LogP) is 3.68. The van der Waals surface area contributed by atoms with Crippen molar-refractivity contribution in [2.24, 2.45) is 0 Å². The molecule has 0 aliphatic carbocycles. The third kappa shape index (κ3) is 2.76. The summed E-state index contributed by atoms with van der Waals surface area (Å²) in [4.78, 5) is 12.2. The van der Waals surface area contributed by atoms with Crippen molar-refractivity contribution in [1.29, 1.82) is 0 Å². The van der Waals surface area contributed by atoms with Gasteiger partial charge in [-0.1, -0.05) is 0 Å². The van der Waals surface area contributed by atoms with E-state index in [9.17, 15) is 9.18 Å². The smallest absolute Gasteiger partial charge is 0.276 e. The molecule has 6 heteroatoms. The molecule has 0 aliphatic heterocycles. The first-order valence-electron chi connectivity index (χ1n) is 6.72. The first kappa shape index (κ1) is 14.1. The molecule has 3 rings (SSSR count). The highest BCUT2D eigenvalue weighted by Crippen LogP contribution is 2.21. The predicted molar refractivity (Wildman–Crippen MR) is 80.1 cm³/mol. The second-order valence-electron chi connectivity index (χ2n) is 4.99. The Balaban J connectivity index is 1.79. The van der Waals surface area contributed by atoms with Crippen LogP contribution in [0.5, 0.6) is 0 Å². The molecular formula is C16H14FN3O2. The van der Waals surface area contributed by atoms with E-state index in [2.05, 4.69) is 15.5 Å². The number of benzene rings is 1. The Hall–Kier alpha value is -2.89. The fourth-order valence-corrected chi connectivity index (χ4v) is 2.10. The summed E-state index contributed by atoms with van der Waals surface area (Å²) in [5.41, 5.74) is 2.04. The van der Waals surface area contributed by atoms with Gasteiger partial charge in [0.15, 0.2) is 11.5 Å². The topological polar surface area (TPSA) is 70.9 Å². The Bertz CT molecular complexity index is 836. The molecule has 0 spiro atoms. The Kier molecular flexibility index (Phi) is 3.50. The molecule has 3 aromatic rings. The molecule has 2 aromatic heterocycles. The third-order valence-electron chi connectivity index (χ3n) is 3.25. The molecule has 0 atom stereocenters. The molecule has 0 radical (unpaired) electrons. The highest BCUT2D eigenvalue weighted by Gasteiger charge is 2.14. The van der Waals surface area contributed by atoms with Gasteiger partial charge in [0.1, 0.15) is 17.3 Å². The highest BCUT2D eigenvalue weighted by molar-refractivity contribution is 6.03. The summed E-state index contributed by atoms with van der Waals surface area (Å²) in [5.74, 6) is 0.672. The van der Waals surface area contributed by atoms with E-state index in [1.54, 1.807) is 19.1 Å². The molecule has 0 bridgehead atoms. The fourth-order valence-electron chi connectivity index (χ4n) is 2.10. The summed E-state index contributed by atoms with van der Waals surface area (Å²) in [7, 11) is 0. The van der Waals surface area contributed by atoms with Gasteiger partial charge in [-0.2, -0.15) is 5.10 Å². The fraction of sp³-hybridized carbons (Fsp3) is 0.125. The van der Waals surface area contributed by atoms with Gasteiger partial charge in [-0.3, -0.25) is 9.89 Å². The van der Waals surface area contributed by atoms with Gasteiger partial charge >= 0.3 is 0 Å². The zero-order valence-electron chi connectivity index (χ0n) is 12.1. The number of rotatable bonds is 3. The number of halogens is 1. The quantitative estimate of drug-likeness (QED) is 0.775. The maximum absolute atomic E-state index is 13.1. The molecule has 1 amide bonds. The maximum Gasteiger partial charge on any atom is 0.276 e. The van der Waals surface area contributed by atoms with Crippen LogP contribution in [0.15, 0.2) is 40.8 Å². The van der Waals surface area contributed by atoms with Crippen LogP contribution in [0.4, 0.5) is 10.1 Å². The Morgan fingerprint density at radius 2 is 2.05 bits per heavy atom. The molecule has 22 heavy (non-hydrogen) atoms. The van der Waals surface area contributed by atoms with Crippen LogP contribution < -0.4 is 5.32 Å². The minimum absolute atomic E-state index is 0.229. The summed E-state index contributed by atoms with van der Waals surface area (Å²) < 4.78 is 18.5. The molecule has 0 aliphatic rings. The van der Waals surface area contributed by atoms with Crippen LogP contribution in [-0.4, -0.2) is 16.1 Å². The standard InChI is InChI=1S/C16H14FN3O2/c1-9-7-11(17)4-5-12(9)18-16(21)14-8-13(19-20-14)15-6-3-10(2)22-15/h3-8H,1-2H3,(H,18,21)(H,19,20). The number of amides is 1. The van der Waals surface area contributed by atoms with Crippen molar-refractivity contribution in [3.63, 3.8) is 0 Å². The second kappa shape index (κ2) is 5.48. The molecule has 0 saturated heterocycles. The van der Waals surface area contributed by atoms with Crippen LogP contribution >= 0.6 is 0 Å². The zero-order chi connectivity index (χ0) is 15.7. The van der Waals surface area contributed by atoms with Crippen LogP contribution in [0.2, 0.25) is 0 Å². The summed E-state index contributed by atoms with van der Waals surface area (Å²) in [5, 5.41) is 9.44. The van der Waals surface area contributed by atoms with Crippen molar-refractivity contribution in [3.05, 3.63) is 59.2 Å². The Morgan fingerprint density at radius 1 is 1.23 bits per heavy atom. The molecule has 5 nitrogen and oxygen atoms in total. The number of carbonyl (C=O) groups is 1. The molecule has 1 aromatic carbocycles. The van der Waals surface area contributed by atoms with Crippen molar-refractivity contribution < 1.29 is 13.6 Å². The lowest BCUT2D eigenvalue weighted by molar-refractivity contribution is 0.102. The highest BCUT2D eigenvalue weighted by atomic mass is 19.1. The van der Waals surface area contributed by atoms with Crippen LogP contribution in [0.25, 0.3) is 11.5 Å². The van der Waals surface area contributed by atoms with Gasteiger partial charge in [0.25, 0.3) is 5.91 Å². The van der Waals surface area contributed by atoms with Crippen LogP contribution in [-0.2, 0) is 0 Å². The second-order valence-corrected chi connectivity index (χ2v) is 4.99. The number of aromatic amines is 1. The van der Waals surface area contributed by atoms with Crippen molar-refractivity contribution >= 4 is 11.6 Å². The van der Waals surface area contributed by atoms with Crippen molar-refractivity contribution in [2.45, 2.75) is 13.8 Å². The average Bonchev–Trinajstić information content (AvgIpc) is 3.10. The van der Waals surface area contributed by atoms with Crippen LogP contribution in [0.1, 0.15) is 21.8 Å². The lowest BCUT2D eigenvalue weighted by atomic mass is 10.2. The van der Waals surface area contributed by atoms with Crippen LogP contribution in [0, 0.1) is 19.7 Å². The first-order chi connectivity index (χ1) is 10.5. The van der Waals surface area contributed by atoms with E-state index in [0.29, 0.717) is 22.7 Å². The number of H-pyrrole nitrogens is 1. The number of aryl methyl sites for hydroxylation is 2. The minimum Gasteiger partial charge on any atom is -0.460 e. The number of hydrogen-bond donors (Lipinski definition) is 2. The summed E-state index contributed by atoms with van der Waals surface area (Å²) in [6.07, 6.45) is 0. The normalized spacial score (nSPS) is 10.7.